The van der Waals surface area contributed by atoms with Gasteiger partial charge in [-0.05, 0) is 82.3 Å². The normalized spacial score (nSPS) is 21.4. The molecule has 0 bridgehead atoms. The summed E-state index contributed by atoms with van der Waals surface area (Å²) in [5.41, 5.74) is 2.64. The number of anilines is 3. The van der Waals surface area contributed by atoms with E-state index in [4.69, 9.17) is 4.74 Å². The number of hydrogen-bond acceptors (Lipinski definition) is 5. The van der Waals surface area contributed by atoms with Crippen LogP contribution < -0.4 is 20.3 Å². The van der Waals surface area contributed by atoms with Crippen LogP contribution in [0.15, 0.2) is 42.6 Å². The van der Waals surface area contributed by atoms with Crippen molar-refractivity contribution in [3.8, 4) is 5.88 Å². The van der Waals surface area contributed by atoms with E-state index >= 15 is 0 Å². The zero-order chi connectivity index (χ0) is 24.0. The molecule has 1 atom stereocenters. The molecule has 2 aromatic rings. The number of amides is 2. The maximum absolute atomic E-state index is 12.5. The highest BCUT2D eigenvalue weighted by Gasteiger charge is 2.30. The lowest BCUT2D eigenvalue weighted by Gasteiger charge is -2.35. The zero-order valence-electron chi connectivity index (χ0n) is 20.9. The molecule has 1 aromatic heterocycles. The van der Waals surface area contributed by atoms with Gasteiger partial charge in [-0.15, -0.1) is 0 Å². The van der Waals surface area contributed by atoms with E-state index < -0.39 is 0 Å². The van der Waals surface area contributed by atoms with Crippen LogP contribution >= 0.6 is 0 Å². The number of urea groups is 1. The molecule has 1 aromatic carbocycles. The molecule has 3 fully saturated rings. The van der Waals surface area contributed by atoms with Crippen LogP contribution in [0.5, 0.6) is 5.88 Å². The van der Waals surface area contributed by atoms with Gasteiger partial charge in [0.25, 0.3) is 0 Å². The minimum absolute atomic E-state index is 0. The molecule has 7 heteroatoms. The molecule has 7 nitrogen and oxygen atoms in total. The highest BCUT2D eigenvalue weighted by Crippen LogP contribution is 2.29. The number of pyridine rings is 1. The molecular formula is C28H41N5O2. The smallest absolute Gasteiger partial charge is 0.323 e. The third-order valence-electron chi connectivity index (χ3n) is 7.96. The summed E-state index contributed by atoms with van der Waals surface area (Å²) >= 11 is 0. The van der Waals surface area contributed by atoms with Gasteiger partial charge in [0, 0.05) is 44.0 Å². The summed E-state index contributed by atoms with van der Waals surface area (Å²) in [7, 11) is 2.32. The summed E-state index contributed by atoms with van der Waals surface area (Å²) in [6, 6.07) is 12.9. The Morgan fingerprint density at radius 3 is 2.31 bits per heavy atom. The molecule has 1 saturated heterocycles. The molecule has 2 aliphatic carbocycles. The molecule has 1 aliphatic heterocycles. The standard InChI is InChI=1S/C28H39N5O2.H2/c1-32(23-7-3-2-4-8-23)25-17-18-33(20-25)24-14-11-21(12-15-24)30-28(34)31-22-13-16-27(29-19-22)35-26-9-5-6-10-26;/h11-16,19,23,25-26H,2-10,17-18,20H2,1H3,(H2,30,31,34);1H. The molecule has 35 heavy (non-hydrogen) atoms. The Balaban J connectivity index is 0.00000304. The molecule has 3 aliphatic rings. The van der Waals surface area contributed by atoms with Gasteiger partial charge in [-0.3, -0.25) is 4.90 Å². The van der Waals surface area contributed by atoms with Crippen molar-refractivity contribution < 1.29 is 11.0 Å². The minimum Gasteiger partial charge on any atom is -0.474 e. The molecule has 1 unspecified atom stereocenters. The molecule has 190 valence electrons. The Hall–Kier alpha value is -2.80. The van der Waals surface area contributed by atoms with E-state index in [2.05, 4.69) is 44.6 Å². The highest BCUT2D eigenvalue weighted by molar-refractivity contribution is 5.99. The minimum atomic E-state index is -0.278. The van der Waals surface area contributed by atoms with Gasteiger partial charge in [-0.25, -0.2) is 9.78 Å². The summed E-state index contributed by atoms with van der Waals surface area (Å²) in [6.45, 7) is 2.16. The van der Waals surface area contributed by atoms with E-state index in [1.165, 1.54) is 57.1 Å². The first-order valence-corrected chi connectivity index (χ1v) is 13.4. The van der Waals surface area contributed by atoms with Gasteiger partial charge in [0.2, 0.25) is 5.88 Å². The van der Waals surface area contributed by atoms with Crippen LogP contribution in [0.25, 0.3) is 0 Å². The van der Waals surface area contributed by atoms with Gasteiger partial charge in [0.1, 0.15) is 6.10 Å². The number of ether oxygens (including phenoxy) is 1. The van der Waals surface area contributed by atoms with Crippen molar-refractivity contribution in [2.24, 2.45) is 0 Å². The molecule has 0 spiro atoms. The first-order chi connectivity index (χ1) is 17.1. The van der Waals surface area contributed by atoms with Crippen LogP contribution in [0.4, 0.5) is 21.9 Å². The van der Waals surface area contributed by atoms with E-state index in [9.17, 15) is 4.79 Å². The van der Waals surface area contributed by atoms with E-state index in [1.807, 2.05) is 24.3 Å². The fourth-order valence-corrected chi connectivity index (χ4v) is 5.85. The molecule has 0 radical (unpaired) electrons. The summed E-state index contributed by atoms with van der Waals surface area (Å²) in [4.78, 5) is 21.9. The predicted octanol–water partition coefficient (Wildman–Crippen LogP) is 6.14. The van der Waals surface area contributed by atoms with Crippen LogP contribution in [0, 0.1) is 0 Å². The van der Waals surface area contributed by atoms with E-state index in [0.29, 0.717) is 17.6 Å². The van der Waals surface area contributed by atoms with Crippen LogP contribution in [0.1, 0.15) is 65.6 Å². The number of likely N-dealkylation sites (N-methyl/N-ethyl adjacent to an activating group) is 1. The number of carbonyl (C=O) groups is 1. The predicted molar refractivity (Wildman–Crippen MR) is 144 cm³/mol. The lowest BCUT2D eigenvalue weighted by molar-refractivity contribution is 0.147. The molecular weight excluding hydrogens is 438 g/mol. The number of hydrogen-bond donors (Lipinski definition) is 2. The number of nitrogens with one attached hydrogen (secondary N) is 2. The number of rotatable bonds is 7. The van der Waals surface area contributed by atoms with E-state index in [0.717, 1.165) is 37.7 Å². The summed E-state index contributed by atoms with van der Waals surface area (Å²) < 4.78 is 5.89. The van der Waals surface area contributed by atoms with Crippen molar-refractivity contribution in [3.05, 3.63) is 42.6 Å². The average Bonchev–Trinajstić information content (AvgIpc) is 3.58. The van der Waals surface area contributed by atoms with Gasteiger partial charge in [0.05, 0.1) is 11.9 Å². The van der Waals surface area contributed by atoms with Crippen molar-refractivity contribution in [2.75, 3.05) is 35.7 Å². The average molecular weight is 480 g/mol. The van der Waals surface area contributed by atoms with Gasteiger partial charge in [0.15, 0.2) is 0 Å². The SMILES string of the molecule is CN(C1CCCCC1)C1CCN(c2ccc(NC(=O)Nc3ccc(OC4CCCC4)nc3)cc2)C1.[HH]. The monoisotopic (exact) mass is 479 g/mol. The Morgan fingerprint density at radius 1 is 0.914 bits per heavy atom. The number of benzene rings is 1. The largest absolute Gasteiger partial charge is 0.474 e. The van der Waals surface area contributed by atoms with Crippen LogP contribution in [-0.2, 0) is 0 Å². The maximum Gasteiger partial charge on any atom is 0.323 e. The van der Waals surface area contributed by atoms with E-state index in [1.54, 1.807) is 6.20 Å². The fourth-order valence-electron chi connectivity index (χ4n) is 5.85. The topological polar surface area (TPSA) is 69.7 Å². The molecule has 2 N–H and O–H groups in total. The summed E-state index contributed by atoms with van der Waals surface area (Å²) in [6.07, 6.45) is 14.6. The van der Waals surface area contributed by atoms with Crippen LogP contribution in [0.3, 0.4) is 0 Å². The first-order valence-electron chi connectivity index (χ1n) is 13.4. The van der Waals surface area contributed by atoms with Gasteiger partial charge >= 0.3 is 6.03 Å². The fraction of sp³-hybridized carbons (Fsp3) is 0.571. The van der Waals surface area contributed by atoms with Crippen LogP contribution in [0.2, 0.25) is 0 Å². The van der Waals surface area contributed by atoms with Crippen molar-refractivity contribution in [1.82, 2.24) is 9.88 Å². The third-order valence-corrected chi connectivity index (χ3v) is 7.96. The Morgan fingerprint density at radius 2 is 1.60 bits per heavy atom. The third kappa shape index (κ3) is 6.26. The molecule has 5 rings (SSSR count). The Kier molecular flexibility index (Phi) is 7.72. The second-order valence-electron chi connectivity index (χ2n) is 10.4. The van der Waals surface area contributed by atoms with Gasteiger partial charge in [-0.1, -0.05) is 19.3 Å². The summed E-state index contributed by atoms with van der Waals surface area (Å²) in [5, 5.41) is 5.76. The highest BCUT2D eigenvalue weighted by atomic mass is 16.5. The van der Waals surface area contributed by atoms with Crippen molar-refractivity contribution in [3.63, 3.8) is 0 Å². The number of carbonyl (C=O) groups excluding carboxylic acids is 1. The second-order valence-corrected chi connectivity index (χ2v) is 10.4. The Bertz CT molecular complexity index is 959. The Labute approximate surface area is 210 Å². The summed E-state index contributed by atoms with van der Waals surface area (Å²) in [5.74, 6) is 0.618. The molecule has 2 amide bonds. The quantitative estimate of drug-likeness (QED) is 0.499. The molecule has 2 saturated carbocycles. The second kappa shape index (κ2) is 11.3. The first kappa shape index (κ1) is 23.9. The lowest BCUT2D eigenvalue weighted by atomic mass is 9.93. The number of nitrogens with zero attached hydrogens (tertiary/aromatic N) is 3. The van der Waals surface area contributed by atoms with Crippen LogP contribution in [-0.4, -0.2) is 54.2 Å². The zero-order valence-corrected chi connectivity index (χ0v) is 20.9. The van der Waals surface area contributed by atoms with Gasteiger partial charge in [-0.2, -0.15) is 0 Å². The van der Waals surface area contributed by atoms with Crippen molar-refractivity contribution in [2.45, 2.75) is 82.4 Å². The van der Waals surface area contributed by atoms with Crippen molar-refractivity contribution >= 4 is 23.1 Å². The number of aromatic nitrogens is 1. The molecule has 2 heterocycles. The van der Waals surface area contributed by atoms with Crippen molar-refractivity contribution in [1.29, 1.82) is 0 Å². The lowest BCUT2D eigenvalue weighted by Crippen LogP contribution is -2.42. The van der Waals surface area contributed by atoms with Gasteiger partial charge < -0.3 is 20.3 Å². The maximum atomic E-state index is 12.5. The van der Waals surface area contributed by atoms with E-state index in [-0.39, 0.29) is 13.6 Å².